The number of methoxy groups -OCH3 is 1. The maximum absolute atomic E-state index is 11.4. The van der Waals surface area contributed by atoms with E-state index in [4.69, 9.17) is 18.6 Å². The molecule has 1 N–H and O–H groups in total. The molecular weight excluding hydrogens is 472 g/mol. The van der Waals surface area contributed by atoms with Crippen LogP contribution in [0.1, 0.15) is 38.7 Å². The Kier molecular flexibility index (Phi) is 8.50. The summed E-state index contributed by atoms with van der Waals surface area (Å²) in [6.07, 6.45) is 7.04. The molecule has 0 spiro atoms. The molecule has 2 atom stereocenters. The Bertz CT molecular complexity index is 1230. The Morgan fingerprint density at radius 2 is 2.08 bits per heavy atom. The Balaban J connectivity index is 1.44. The Hall–Kier alpha value is -3.78. The van der Waals surface area contributed by atoms with Gasteiger partial charge in [0, 0.05) is 26.6 Å². The fourth-order valence-electron chi connectivity index (χ4n) is 4.05. The average Bonchev–Trinajstić information content (AvgIpc) is 3.34. The fourth-order valence-corrected chi connectivity index (χ4v) is 4.05. The highest BCUT2D eigenvalue weighted by atomic mass is 16.5. The molecule has 8 nitrogen and oxygen atoms in total. The first-order chi connectivity index (χ1) is 17.9. The van der Waals surface area contributed by atoms with Crippen LogP contribution in [0, 0.1) is 0 Å². The monoisotopic (exact) mass is 506 g/mol. The lowest BCUT2D eigenvalue weighted by Gasteiger charge is -2.26. The summed E-state index contributed by atoms with van der Waals surface area (Å²) in [4.78, 5) is 18.1. The summed E-state index contributed by atoms with van der Waals surface area (Å²) < 4.78 is 23.2. The predicted octanol–water partition coefficient (Wildman–Crippen LogP) is 5.73. The topological polar surface area (TPSA) is 94.3 Å². The van der Waals surface area contributed by atoms with Gasteiger partial charge in [-0.25, -0.2) is 4.79 Å². The molecule has 1 aliphatic carbocycles. The van der Waals surface area contributed by atoms with E-state index in [0.717, 1.165) is 35.3 Å². The third kappa shape index (κ3) is 6.92. The van der Waals surface area contributed by atoms with Crippen LogP contribution < -0.4 is 9.64 Å². The van der Waals surface area contributed by atoms with Crippen molar-refractivity contribution in [3.63, 3.8) is 0 Å². The number of oxazole rings is 1. The second-order valence-electron chi connectivity index (χ2n) is 9.25. The molecule has 1 aromatic heterocycles. The second kappa shape index (κ2) is 12.0. The molecule has 8 heteroatoms. The standard InChI is InChI=1S/C29H34N2O6/c1-4-25(27(32)33)36-23-10-7-9-21(19-23)20-31(28-30-24-11-5-6-12-26(24)37-28)17-8-18-35-22-13-15-29(2,34-3)16-14-22/h5-7,9-15,19,25H,4,8,16-18,20H2,1-3H3,(H,32,33)/t25-,29?/m1/s1. The van der Waals surface area contributed by atoms with Crippen molar-refractivity contribution in [3.05, 3.63) is 78.1 Å². The zero-order chi connectivity index (χ0) is 26.3. The highest BCUT2D eigenvalue weighted by Crippen LogP contribution is 2.26. The van der Waals surface area contributed by atoms with Gasteiger partial charge in [0.1, 0.15) is 17.0 Å². The number of carboxylic acids is 1. The molecule has 1 aliphatic rings. The van der Waals surface area contributed by atoms with Gasteiger partial charge in [0.05, 0.1) is 12.2 Å². The lowest BCUT2D eigenvalue weighted by molar-refractivity contribution is -0.145. The van der Waals surface area contributed by atoms with Crippen LogP contribution in [0.3, 0.4) is 0 Å². The highest BCUT2D eigenvalue weighted by Gasteiger charge is 2.22. The minimum atomic E-state index is -0.976. The van der Waals surface area contributed by atoms with E-state index in [0.29, 0.717) is 37.9 Å². The zero-order valence-corrected chi connectivity index (χ0v) is 21.6. The molecule has 0 saturated heterocycles. The molecule has 0 bridgehead atoms. The van der Waals surface area contributed by atoms with E-state index in [2.05, 4.69) is 9.88 Å². The zero-order valence-electron chi connectivity index (χ0n) is 21.6. The van der Waals surface area contributed by atoms with Crippen LogP contribution in [0.15, 0.2) is 76.9 Å². The third-order valence-electron chi connectivity index (χ3n) is 6.37. The van der Waals surface area contributed by atoms with E-state index in [1.165, 1.54) is 0 Å². The van der Waals surface area contributed by atoms with Gasteiger partial charge in [0.15, 0.2) is 11.7 Å². The van der Waals surface area contributed by atoms with Gasteiger partial charge >= 0.3 is 5.97 Å². The normalized spacial score (nSPS) is 17.9. The number of carbonyl (C=O) groups is 1. The van der Waals surface area contributed by atoms with Crippen molar-refractivity contribution >= 4 is 23.1 Å². The third-order valence-corrected chi connectivity index (χ3v) is 6.37. The van der Waals surface area contributed by atoms with Crippen molar-refractivity contribution in [2.45, 2.75) is 51.4 Å². The van der Waals surface area contributed by atoms with E-state index >= 15 is 0 Å². The molecule has 0 amide bonds. The van der Waals surface area contributed by atoms with E-state index in [-0.39, 0.29) is 5.60 Å². The van der Waals surface area contributed by atoms with Gasteiger partial charge < -0.3 is 28.6 Å². The number of benzene rings is 2. The molecule has 0 saturated carbocycles. The Labute approximate surface area is 217 Å². The van der Waals surface area contributed by atoms with Crippen LogP contribution in [-0.2, 0) is 20.8 Å². The largest absolute Gasteiger partial charge is 0.494 e. The van der Waals surface area contributed by atoms with E-state index in [1.54, 1.807) is 20.1 Å². The summed E-state index contributed by atoms with van der Waals surface area (Å²) >= 11 is 0. The van der Waals surface area contributed by atoms with Crippen LogP contribution in [0.4, 0.5) is 6.01 Å². The van der Waals surface area contributed by atoms with Gasteiger partial charge in [-0.15, -0.1) is 0 Å². The van der Waals surface area contributed by atoms with Crippen molar-refractivity contribution in [3.8, 4) is 5.75 Å². The van der Waals surface area contributed by atoms with E-state index in [1.807, 2.05) is 67.6 Å². The van der Waals surface area contributed by atoms with Crippen LogP contribution in [0.5, 0.6) is 5.75 Å². The molecule has 1 unspecified atom stereocenters. The number of nitrogens with zero attached hydrogens (tertiary/aromatic N) is 2. The van der Waals surface area contributed by atoms with Crippen molar-refractivity contribution in [1.29, 1.82) is 0 Å². The number of aliphatic carboxylic acids is 1. The van der Waals surface area contributed by atoms with Gasteiger partial charge in [0.2, 0.25) is 0 Å². The number of para-hydroxylation sites is 2. The fraction of sp³-hybridized carbons (Fsp3) is 0.379. The molecule has 2 aromatic carbocycles. The van der Waals surface area contributed by atoms with Crippen molar-refractivity contribution < 1.29 is 28.5 Å². The highest BCUT2D eigenvalue weighted by molar-refractivity contribution is 5.74. The molecule has 3 aromatic rings. The van der Waals surface area contributed by atoms with E-state index < -0.39 is 12.1 Å². The number of hydrogen-bond acceptors (Lipinski definition) is 7. The maximum atomic E-state index is 11.4. The quantitative estimate of drug-likeness (QED) is 0.294. The van der Waals surface area contributed by atoms with Gasteiger partial charge in [-0.3, -0.25) is 0 Å². The first-order valence-corrected chi connectivity index (χ1v) is 12.6. The van der Waals surface area contributed by atoms with Crippen molar-refractivity contribution in [2.75, 3.05) is 25.2 Å². The number of fused-ring (bicyclic) bond motifs is 1. The van der Waals surface area contributed by atoms with Gasteiger partial charge in [-0.05, 0) is 67.8 Å². The van der Waals surface area contributed by atoms with Crippen LogP contribution in [0.25, 0.3) is 11.1 Å². The molecule has 1 heterocycles. The molecule has 0 fully saturated rings. The summed E-state index contributed by atoms with van der Waals surface area (Å²) in [5.74, 6) is 0.388. The summed E-state index contributed by atoms with van der Waals surface area (Å²) in [5, 5.41) is 9.34. The summed E-state index contributed by atoms with van der Waals surface area (Å²) in [5.41, 5.74) is 2.19. The number of rotatable bonds is 13. The van der Waals surface area contributed by atoms with Crippen molar-refractivity contribution in [1.82, 2.24) is 4.98 Å². The van der Waals surface area contributed by atoms with Crippen molar-refractivity contribution in [2.24, 2.45) is 0 Å². The van der Waals surface area contributed by atoms with Crippen LogP contribution in [0.2, 0.25) is 0 Å². The molecule has 4 rings (SSSR count). The number of hydrogen-bond donors (Lipinski definition) is 1. The number of anilines is 1. The Morgan fingerprint density at radius 3 is 2.78 bits per heavy atom. The minimum absolute atomic E-state index is 0.281. The Morgan fingerprint density at radius 1 is 1.24 bits per heavy atom. The number of carboxylic acid groups (broad SMARTS) is 1. The molecule has 196 valence electrons. The first kappa shape index (κ1) is 26.3. The van der Waals surface area contributed by atoms with Gasteiger partial charge in [-0.1, -0.05) is 31.2 Å². The summed E-state index contributed by atoms with van der Waals surface area (Å²) in [6.45, 7) is 5.53. The van der Waals surface area contributed by atoms with Gasteiger partial charge in [0.25, 0.3) is 6.01 Å². The van der Waals surface area contributed by atoms with Crippen LogP contribution >= 0.6 is 0 Å². The molecule has 0 aliphatic heterocycles. The predicted molar refractivity (Wildman–Crippen MR) is 142 cm³/mol. The van der Waals surface area contributed by atoms with Gasteiger partial charge in [-0.2, -0.15) is 4.98 Å². The van der Waals surface area contributed by atoms with Crippen LogP contribution in [-0.4, -0.2) is 48.0 Å². The number of ether oxygens (including phenoxy) is 3. The SMILES string of the molecule is CC[C@@H](Oc1cccc(CN(CCCOC2=CCC(C)(OC)C=C2)c2nc3ccccc3o2)c1)C(=O)O. The second-order valence-corrected chi connectivity index (χ2v) is 9.25. The molecule has 0 radical (unpaired) electrons. The lowest BCUT2D eigenvalue weighted by Crippen LogP contribution is -2.27. The minimum Gasteiger partial charge on any atom is -0.494 e. The first-order valence-electron chi connectivity index (χ1n) is 12.6. The number of aromatic nitrogens is 1. The smallest absolute Gasteiger partial charge is 0.344 e. The average molecular weight is 507 g/mol. The molecule has 37 heavy (non-hydrogen) atoms. The number of allylic oxidation sites excluding steroid dienone is 1. The molecular formula is C29H34N2O6. The summed E-state index contributed by atoms with van der Waals surface area (Å²) in [7, 11) is 1.71. The summed E-state index contributed by atoms with van der Waals surface area (Å²) in [6, 6.07) is 15.7. The van der Waals surface area contributed by atoms with E-state index in [9.17, 15) is 9.90 Å². The maximum Gasteiger partial charge on any atom is 0.344 e. The lowest BCUT2D eigenvalue weighted by atomic mass is 9.97.